The lowest BCUT2D eigenvalue weighted by Crippen LogP contribution is -2.02. The van der Waals surface area contributed by atoms with Crippen molar-refractivity contribution in [3.8, 4) is 11.5 Å². The summed E-state index contributed by atoms with van der Waals surface area (Å²) >= 11 is 0. The van der Waals surface area contributed by atoms with E-state index in [0.29, 0.717) is 16.5 Å². The second kappa shape index (κ2) is 6.37. The number of carbonyl (C=O) groups is 1. The monoisotopic (exact) mass is 323 g/mol. The Morgan fingerprint density at radius 3 is 2.75 bits per heavy atom. The van der Waals surface area contributed by atoms with Crippen molar-refractivity contribution < 1.29 is 19.1 Å². The Bertz CT molecular complexity index is 1000. The maximum absolute atomic E-state index is 11.9. The van der Waals surface area contributed by atoms with Crippen LogP contribution in [0.5, 0.6) is 11.5 Å². The Hall–Kier alpha value is -3.41. The van der Waals surface area contributed by atoms with E-state index in [1.807, 2.05) is 0 Å². The smallest absolute Gasteiger partial charge is 0.347 e. The Morgan fingerprint density at radius 1 is 1.21 bits per heavy atom. The van der Waals surface area contributed by atoms with Crippen molar-refractivity contribution in [1.29, 1.82) is 0 Å². The molecule has 0 bridgehead atoms. The van der Waals surface area contributed by atoms with Gasteiger partial charge in [-0.05, 0) is 35.9 Å². The van der Waals surface area contributed by atoms with E-state index in [4.69, 9.17) is 9.15 Å². The minimum atomic E-state index is -0.518. The third-order valence-electron chi connectivity index (χ3n) is 3.21. The van der Waals surface area contributed by atoms with Crippen molar-refractivity contribution in [2.24, 2.45) is 0 Å². The van der Waals surface area contributed by atoms with Gasteiger partial charge < -0.3 is 14.3 Å². The van der Waals surface area contributed by atoms with Crippen LogP contribution in [-0.2, 0) is 4.79 Å². The molecule has 0 fully saturated rings. The first-order chi connectivity index (χ1) is 11.5. The van der Waals surface area contributed by atoms with Crippen LogP contribution in [0.3, 0.4) is 0 Å². The van der Waals surface area contributed by atoms with E-state index in [1.54, 1.807) is 36.4 Å². The molecule has 3 rings (SSSR count). The van der Waals surface area contributed by atoms with Crippen molar-refractivity contribution in [3.63, 3.8) is 0 Å². The number of fused-ring (bicyclic) bond motifs is 1. The van der Waals surface area contributed by atoms with Crippen LogP contribution in [-0.4, -0.2) is 16.1 Å². The van der Waals surface area contributed by atoms with Crippen molar-refractivity contribution in [2.75, 3.05) is 0 Å². The largest absolute Gasteiger partial charge is 0.504 e. The highest BCUT2D eigenvalue weighted by molar-refractivity contribution is 5.78. The number of benzene rings is 2. The topological polar surface area (TPSA) is 89.6 Å². The third-order valence-corrected chi connectivity index (χ3v) is 3.21. The highest BCUT2D eigenvalue weighted by atomic mass is 16.5. The van der Waals surface area contributed by atoms with Gasteiger partial charge >= 0.3 is 11.6 Å². The van der Waals surface area contributed by atoms with Crippen LogP contribution in [0.4, 0.5) is 0 Å². The molecule has 1 N–H and O–H groups in total. The number of nitrogens with zero attached hydrogens (tertiary/aromatic N) is 1. The molecular formula is C18H13NO5. The zero-order chi connectivity index (χ0) is 17.1. The summed E-state index contributed by atoms with van der Waals surface area (Å²) in [6.45, 7) is 1.25. The number of aromatic hydroxyl groups is 1. The number of para-hydroxylation sites is 1. The summed E-state index contributed by atoms with van der Waals surface area (Å²) in [5.74, 6) is -0.451. The van der Waals surface area contributed by atoms with Gasteiger partial charge in [-0.15, -0.1) is 0 Å². The number of rotatable bonds is 3. The van der Waals surface area contributed by atoms with Crippen LogP contribution >= 0.6 is 0 Å². The molecule has 24 heavy (non-hydrogen) atoms. The van der Waals surface area contributed by atoms with Crippen LogP contribution < -0.4 is 10.4 Å². The molecule has 0 atom stereocenters. The first kappa shape index (κ1) is 15.5. The lowest BCUT2D eigenvalue weighted by atomic mass is 10.2. The molecule has 3 aromatic rings. The van der Waals surface area contributed by atoms with E-state index in [0.717, 1.165) is 0 Å². The molecule has 0 spiro atoms. The van der Waals surface area contributed by atoms with Crippen molar-refractivity contribution in [2.45, 2.75) is 6.92 Å². The molecule has 1 heterocycles. The molecule has 0 radical (unpaired) electrons. The second-order valence-corrected chi connectivity index (χ2v) is 5.01. The first-order valence-corrected chi connectivity index (χ1v) is 7.12. The van der Waals surface area contributed by atoms with Gasteiger partial charge in [0.1, 0.15) is 0 Å². The zero-order valence-electron chi connectivity index (χ0n) is 12.7. The summed E-state index contributed by atoms with van der Waals surface area (Å²) in [4.78, 5) is 27.0. The van der Waals surface area contributed by atoms with Gasteiger partial charge in [-0.3, -0.25) is 4.79 Å². The molecule has 0 aliphatic carbocycles. The summed E-state index contributed by atoms with van der Waals surface area (Å²) in [5.41, 5.74) is 0.704. The van der Waals surface area contributed by atoms with Gasteiger partial charge in [0, 0.05) is 13.0 Å². The van der Waals surface area contributed by atoms with Crippen LogP contribution in [0.25, 0.3) is 23.1 Å². The van der Waals surface area contributed by atoms with E-state index < -0.39 is 11.6 Å². The summed E-state index contributed by atoms with van der Waals surface area (Å²) in [6.07, 6.45) is 3.14. The third kappa shape index (κ3) is 3.33. The number of esters is 1. The molecule has 0 aliphatic rings. The number of hydrogen-bond donors (Lipinski definition) is 1. The number of aromatic nitrogens is 1. The van der Waals surface area contributed by atoms with Crippen LogP contribution in [0.15, 0.2) is 51.7 Å². The molecule has 6 heteroatoms. The zero-order valence-corrected chi connectivity index (χ0v) is 12.7. The average Bonchev–Trinajstić information content (AvgIpc) is 2.55. The van der Waals surface area contributed by atoms with Gasteiger partial charge in [0.05, 0.1) is 10.9 Å². The molecular weight excluding hydrogens is 310 g/mol. The lowest BCUT2D eigenvalue weighted by Gasteiger charge is -2.04. The Labute approximate surface area is 136 Å². The van der Waals surface area contributed by atoms with Crippen LogP contribution in [0.2, 0.25) is 0 Å². The van der Waals surface area contributed by atoms with E-state index in [1.165, 1.54) is 25.1 Å². The minimum Gasteiger partial charge on any atom is -0.504 e. The van der Waals surface area contributed by atoms with E-state index in [9.17, 15) is 14.7 Å². The van der Waals surface area contributed by atoms with Crippen LogP contribution in [0.1, 0.15) is 18.4 Å². The van der Waals surface area contributed by atoms with Gasteiger partial charge in [0.2, 0.25) is 5.89 Å². The van der Waals surface area contributed by atoms with Crippen molar-refractivity contribution >= 4 is 29.0 Å². The molecule has 120 valence electrons. The molecule has 0 aliphatic heterocycles. The SMILES string of the molecule is CC(=O)Oc1ccc(/C=C/c2nc3ccccc3c(=O)o2)cc1O. The average molecular weight is 323 g/mol. The first-order valence-electron chi connectivity index (χ1n) is 7.12. The van der Waals surface area contributed by atoms with Gasteiger partial charge in [-0.25, -0.2) is 9.78 Å². The molecule has 6 nitrogen and oxygen atoms in total. The molecule has 1 aromatic heterocycles. The molecule has 0 saturated carbocycles. The predicted octanol–water partition coefficient (Wildman–Crippen LogP) is 2.99. The van der Waals surface area contributed by atoms with E-state index >= 15 is 0 Å². The van der Waals surface area contributed by atoms with E-state index in [-0.39, 0.29) is 17.4 Å². The predicted molar refractivity (Wildman–Crippen MR) is 88.6 cm³/mol. The number of ether oxygens (including phenoxy) is 1. The minimum absolute atomic E-state index is 0.0787. The highest BCUT2D eigenvalue weighted by Crippen LogP contribution is 2.27. The van der Waals surface area contributed by atoms with Gasteiger partial charge in [0.15, 0.2) is 11.5 Å². The fourth-order valence-corrected chi connectivity index (χ4v) is 2.15. The number of hydrogen-bond acceptors (Lipinski definition) is 6. The summed E-state index contributed by atoms with van der Waals surface area (Å²) < 4.78 is 9.98. The van der Waals surface area contributed by atoms with Crippen molar-refractivity contribution in [3.05, 3.63) is 64.3 Å². The highest BCUT2D eigenvalue weighted by Gasteiger charge is 2.06. The Morgan fingerprint density at radius 2 is 2.00 bits per heavy atom. The fraction of sp³-hybridized carbons (Fsp3) is 0.0556. The second-order valence-electron chi connectivity index (χ2n) is 5.01. The lowest BCUT2D eigenvalue weighted by molar-refractivity contribution is -0.132. The molecule has 0 amide bonds. The number of carbonyl (C=O) groups excluding carboxylic acids is 1. The van der Waals surface area contributed by atoms with Gasteiger partial charge in [-0.1, -0.05) is 18.2 Å². The number of phenolic OH excluding ortho intramolecular Hbond substituents is 1. The molecule has 0 saturated heterocycles. The Balaban J connectivity index is 1.89. The van der Waals surface area contributed by atoms with Crippen molar-refractivity contribution in [1.82, 2.24) is 4.98 Å². The van der Waals surface area contributed by atoms with Gasteiger partial charge in [-0.2, -0.15) is 0 Å². The summed E-state index contributed by atoms with van der Waals surface area (Å²) in [5, 5.41) is 10.2. The standard InChI is InChI=1S/C18H13NO5/c1-11(20)23-16-8-6-12(10-15(16)21)7-9-17-19-14-5-3-2-4-13(14)18(22)24-17/h2-10,21H,1H3/b9-7+. The maximum Gasteiger partial charge on any atom is 0.347 e. The van der Waals surface area contributed by atoms with E-state index in [2.05, 4.69) is 4.98 Å². The summed E-state index contributed by atoms with van der Waals surface area (Å²) in [7, 11) is 0. The van der Waals surface area contributed by atoms with Gasteiger partial charge in [0.25, 0.3) is 0 Å². The summed E-state index contributed by atoms with van der Waals surface area (Å²) in [6, 6.07) is 11.4. The molecule has 0 unspecified atom stereocenters. The quantitative estimate of drug-likeness (QED) is 0.589. The Kier molecular flexibility index (Phi) is 4.11. The molecule has 2 aromatic carbocycles. The van der Waals surface area contributed by atoms with Crippen LogP contribution in [0, 0.1) is 0 Å². The normalized spacial score (nSPS) is 11.0. The number of phenols is 1. The fourth-order valence-electron chi connectivity index (χ4n) is 2.15. The maximum atomic E-state index is 11.9.